The van der Waals surface area contributed by atoms with Crippen molar-refractivity contribution in [2.45, 2.75) is 6.42 Å². The highest BCUT2D eigenvalue weighted by atomic mass is 16.5. The molecule has 0 saturated carbocycles. The molecule has 0 radical (unpaired) electrons. The molecule has 3 nitrogen and oxygen atoms in total. The number of fused-ring (bicyclic) bond motifs is 2. The predicted octanol–water partition coefficient (Wildman–Crippen LogP) is 3.20. The fraction of sp³-hybridized carbons (Fsp3) is 0.100. The van der Waals surface area contributed by atoms with Gasteiger partial charge in [-0.1, -0.05) is 42.3 Å². The molecule has 0 N–H and O–H groups in total. The maximum absolute atomic E-state index is 12.9. The van der Waals surface area contributed by atoms with Gasteiger partial charge in [-0.25, -0.2) is 0 Å². The van der Waals surface area contributed by atoms with Gasteiger partial charge in [-0.05, 0) is 18.1 Å². The largest absolute Gasteiger partial charge is 0.480 e. The number of terminal acetylenes is 1. The molecule has 0 amide bonds. The molecule has 0 aliphatic heterocycles. The van der Waals surface area contributed by atoms with Crippen LogP contribution in [0.5, 0.6) is 5.75 Å². The van der Waals surface area contributed by atoms with E-state index >= 15 is 0 Å². The van der Waals surface area contributed by atoms with Crippen molar-refractivity contribution in [1.29, 1.82) is 0 Å². The Morgan fingerprint density at radius 1 is 1.04 bits per heavy atom. The number of ketones is 2. The molecule has 0 fully saturated rings. The molecule has 2 aromatic carbocycles. The molecule has 23 heavy (non-hydrogen) atoms. The van der Waals surface area contributed by atoms with Gasteiger partial charge < -0.3 is 4.74 Å². The molecule has 1 aliphatic rings. The topological polar surface area (TPSA) is 43.4 Å². The number of rotatable bonds is 4. The quantitative estimate of drug-likeness (QED) is 0.549. The van der Waals surface area contributed by atoms with Crippen molar-refractivity contribution in [3.8, 4) is 18.1 Å². The third-order valence-corrected chi connectivity index (χ3v) is 3.79. The van der Waals surface area contributed by atoms with E-state index in [9.17, 15) is 9.59 Å². The zero-order valence-electron chi connectivity index (χ0n) is 12.5. The minimum Gasteiger partial charge on any atom is -0.480 e. The van der Waals surface area contributed by atoms with Gasteiger partial charge in [0.2, 0.25) is 0 Å². The van der Waals surface area contributed by atoms with Gasteiger partial charge >= 0.3 is 0 Å². The van der Waals surface area contributed by atoms with Gasteiger partial charge in [0.15, 0.2) is 11.6 Å². The van der Waals surface area contributed by atoms with Crippen LogP contribution in [0.1, 0.15) is 37.4 Å². The van der Waals surface area contributed by atoms with E-state index < -0.39 is 0 Å². The predicted molar refractivity (Wildman–Crippen MR) is 88.0 cm³/mol. The SMILES string of the molecule is C#CCOc1c(CC=C)ccc2c1C(=O)c1ccccc1C2=O. The van der Waals surface area contributed by atoms with E-state index in [-0.39, 0.29) is 18.2 Å². The van der Waals surface area contributed by atoms with Crippen LogP contribution in [-0.2, 0) is 6.42 Å². The smallest absolute Gasteiger partial charge is 0.198 e. The van der Waals surface area contributed by atoms with Crippen LogP contribution in [0.15, 0.2) is 49.1 Å². The number of carbonyl (C=O) groups excluding carboxylic acids is 2. The Bertz CT molecular complexity index is 869. The van der Waals surface area contributed by atoms with Gasteiger partial charge in [0, 0.05) is 16.7 Å². The summed E-state index contributed by atoms with van der Waals surface area (Å²) < 4.78 is 5.61. The molecule has 0 aromatic heterocycles. The fourth-order valence-electron chi connectivity index (χ4n) is 2.79. The van der Waals surface area contributed by atoms with Crippen LogP contribution >= 0.6 is 0 Å². The van der Waals surface area contributed by atoms with E-state index in [1.807, 2.05) is 0 Å². The second-order valence-electron chi connectivity index (χ2n) is 5.17. The Morgan fingerprint density at radius 3 is 2.39 bits per heavy atom. The average molecular weight is 302 g/mol. The maximum Gasteiger partial charge on any atom is 0.198 e. The van der Waals surface area contributed by atoms with E-state index in [0.29, 0.717) is 34.4 Å². The number of ether oxygens (including phenoxy) is 1. The van der Waals surface area contributed by atoms with Crippen LogP contribution in [0, 0.1) is 12.3 Å². The van der Waals surface area contributed by atoms with Gasteiger partial charge in [-0.3, -0.25) is 9.59 Å². The van der Waals surface area contributed by atoms with Crippen molar-refractivity contribution >= 4 is 11.6 Å². The summed E-state index contributed by atoms with van der Waals surface area (Å²) in [6, 6.07) is 10.3. The van der Waals surface area contributed by atoms with Gasteiger partial charge in [-0.15, -0.1) is 13.0 Å². The summed E-state index contributed by atoms with van der Waals surface area (Å²) in [6.45, 7) is 3.74. The number of carbonyl (C=O) groups is 2. The first-order chi connectivity index (χ1) is 11.2. The lowest BCUT2D eigenvalue weighted by Crippen LogP contribution is -2.22. The van der Waals surface area contributed by atoms with E-state index in [1.54, 1.807) is 42.5 Å². The van der Waals surface area contributed by atoms with E-state index in [2.05, 4.69) is 12.5 Å². The molecule has 1 aliphatic carbocycles. The summed E-state index contributed by atoms with van der Waals surface area (Å²) in [5, 5.41) is 0. The second kappa shape index (κ2) is 5.94. The Balaban J connectivity index is 2.25. The zero-order chi connectivity index (χ0) is 16.4. The Labute approximate surface area is 134 Å². The summed E-state index contributed by atoms with van der Waals surface area (Å²) in [7, 11) is 0. The normalized spacial score (nSPS) is 12.1. The average Bonchev–Trinajstić information content (AvgIpc) is 2.58. The maximum atomic E-state index is 12.9. The Hall–Kier alpha value is -3.12. The summed E-state index contributed by atoms with van der Waals surface area (Å²) in [4.78, 5) is 25.6. The van der Waals surface area contributed by atoms with Crippen LogP contribution in [0.4, 0.5) is 0 Å². The van der Waals surface area contributed by atoms with E-state index in [0.717, 1.165) is 5.56 Å². The third-order valence-electron chi connectivity index (χ3n) is 3.79. The molecule has 0 heterocycles. The highest BCUT2D eigenvalue weighted by molar-refractivity contribution is 6.29. The molecule has 0 bridgehead atoms. The third kappa shape index (κ3) is 2.35. The van der Waals surface area contributed by atoms with Gasteiger partial charge in [-0.2, -0.15) is 0 Å². The van der Waals surface area contributed by atoms with E-state index in [1.165, 1.54) is 0 Å². The van der Waals surface area contributed by atoms with Crippen molar-refractivity contribution in [3.05, 3.63) is 76.9 Å². The second-order valence-corrected chi connectivity index (χ2v) is 5.17. The lowest BCUT2D eigenvalue weighted by atomic mass is 9.82. The lowest BCUT2D eigenvalue weighted by Gasteiger charge is -2.21. The van der Waals surface area contributed by atoms with Gasteiger partial charge in [0.25, 0.3) is 0 Å². The van der Waals surface area contributed by atoms with Gasteiger partial charge in [0.1, 0.15) is 12.4 Å². The van der Waals surface area contributed by atoms with E-state index in [4.69, 9.17) is 11.2 Å². The number of hydrogen-bond acceptors (Lipinski definition) is 3. The Kier molecular flexibility index (Phi) is 3.82. The highest BCUT2D eigenvalue weighted by Crippen LogP contribution is 2.36. The van der Waals surface area contributed by atoms with Crippen LogP contribution in [-0.4, -0.2) is 18.2 Å². The molecule has 3 rings (SSSR count). The standard InChI is InChI=1S/C20H14O3/c1-3-7-13-10-11-16-17(20(13)23-12-4-2)19(22)15-9-6-5-8-14(15)18(16)21/h2-3,5-6,8-11H,1,7,12H2. The number of benzene rings is 2. The van der Waals surface area contributed by atoms with Crippen LogP contribution in [0.25, 0.3) is 0 Å². The van der Waals surface area contributed by atoms with Crippen molar-refractivity contribution in [2.24, 2.45) is 0 Å². The minimum absolute atomic E-state index is 0.0315. The highest BCUT2D eigenvalue weighted by Gasteiger charge is 2.33. The minimum atomic E-state index is -0.215. The fourth-order valence-corrected chi connectivity index (χ4v) is 2.79. The monoisotopic (exact) mass is 302 g/mol. The summed E-state index contributed by atoms with van der Waals surface area (Å²) in [5.41, 5.74) is 2.25. The molecular formula is C20H14O3. The molecule has 112 valence electrons. The molecule has 0 atom stereocenters. The molecule has 3 heteroatoms. The summed E-state index contributed by atoms with van der Waals surface area (Å²) in [6.07, 6.45) is 7.51. The molecule has 0 spiro atoms. The first-order valence-corrected chi connectivity index (χ1v) is 7.20. The van der Waals surface area contributed by atoms with Crippen LogP contribution < -0.4 is 4.74 Å². The van der Waals surface area contributed by atoms with Crippen molar-refractivity contribution in [1.82, 2.24) is 0 Å². The summed E-state index contributed by atoms with van der Waals surface area (Å²) in [5.74, 6) is 2.39. The van der Waals surface area contributed by atoms with Crippen LogP contribution in [0.2, 0.25) is 0 Å². The molecular weight excluding hydrogens is 288 g/mol. The molecule has 2 aromatic rings. The molecule has 0 saturated heterocycles. The van der Waals surface area contributed by atoms with Crippen molar-refractivity contribution in [2.75, 3.05) is 6.61 Å². The first-order valence-electron chi connectivity index (χ1n) is 7.20. The van der Waals surface area contributed by atoms with Crippen molar-refractivity contribution < 1.29 is 14.3 Å². The van der Waals surface area contributed by atoms with Gasteiger partial charge in [0.05, 0.1) is 5.56 Å². The van der Waals surface area contributed by atoms with Crippen molar-refractivity contribution in [3.63, 3.8) is 0 Å². The zero-order valence-corrected chi connectivity index (χ0v) is 12.5. The number of hydrogen-bond donors (Lipinski definition) is 0. The lowest BCUT2D eigenvalue weighted by molar-refractivity contribution is 0.0976. The van der Waals surface area contributed by atoms with Crippen LogP contribution in [0.3, 0.4) is 0 Å². The number of allylic oxidation sites excluding steroid dienone is 1. The summed E-state index contributed by atoms with van der Waals surface area (Å²) >= 11 is 0. The molecule has 0 unspecified atom stereocenters. The Morgan fingerprint density at radius 2 is 1.74 bits per heavy atom. The first kappa shape index (κ1) is 14.8.